The molecular formula is C14H22N2O5. The molecule has 21 heavy (non-hydrogen) atoms. The van der Waals surface area contributed by atoms with Gasteiger partial charge in [0.15, 0.2) is 0 Å². The predicted molar refractivity (Wildman–Crippen MR) is 78.8 cm³/mol. The molecular weight excluding hydrogens is 276 g/mol. The number of hydrogen-bond donors (Lipinski definition) is 4. The van der Waals surface area contributed by atoms with Gasteiger partial charge in [-0.1, -0.05) is 0 Å². The Morgan fingerprint density at radius 3 is 2.52 bits per heavy atom. The first-order valence-electron chi connectivity index (χ1n) is 6.63. The summed E-state index contributed by atoms with van der Waals surface area (Å²) in [5.74, 6) is 0.210. The predicted octanol–water partition coefficient (Wildman–Crippen LogP) is 0.800. The van der Waals surface area contributed by atoms with Crippen LogP contribution < -0.4 is 20.5 Å². The number of aliphatic hydroxyl groups excluding tert-OH is 1. The van der Waals surface area contributed by atoms with E-state index in [1.54, 1.807) is 19.2 Å². The van der Waals surface area contributed by atoms with E-state index in [0.29, 0.717) is 30.2 Å². The van der Waals surface area contributed by atoms with E-state index < -0.39 is 12.2 Å². The van der Waals surface area contributed by atoms with E-state index in [4.69, 9.17) is 20.3 Å². The van der Waals surface area contributed by atoms with Gasteiger partial charge in [-0.2, -0.15) is 0 Å². The number of nitrogens with one attached hydrogen (secondary N) is 1. The Bertz CT molecular complexity index is 479. The molecule has 0 amide bonds. The highest BCUT2D eigenvalue weighted by Gasteiger charge is 2.14. The molecule has 1 aromatic carbocycles. The van der Waals surface area contributed by atoms with Crippen LogP contribution in [0.15, 0.2) is 12.1 Å². The number of aliphatic hydroxyl groups is 1. The second-order valence-corrected chi connectivity index (χ2v) is 4.50. The van der Waals surface area contributed by atoms with Crippen molar-refractivity contribution < 1.29 is 24.5 Å². The normalized spacial score (nSPS) is 11.8. The van der Waals surface area contributed by atoms with Crippen molar-refractivity contribution in [2.75, 3.05) is 26.1 Å². The van der Waals surface area contributed by atoms with Crippen molar-refractivity contribution in [3.63, 3.8) is 0 Å². The van der Waals surface area contributed by atoms with Gasteiger partial charge in [0, 0.05) is 18.9 Å². The summed E-state index contributed by atoms with van der Waals surface area (Å²) in [7, 11) is 3.06. The number of carboxylic acid groups (broad SMARTS) is 1. The summed E-state index contributed by atoms with van der Waals surface area (Å²) in [6, 6.07) is 3.49. The number of hydrogen-bond acceptors (Lipinski definition) is 6. The van der Waals surface area contributed by atoms with Crippen molar-refractivity contribution in [1.29, 1.82) is 0 Å². The molecule has 7 heteroatoms. The molecule has 0 aliphatic rings. The number of ether oxygens (including phenoxy) is 2. The summed E-state index contributed by atoms with van der Waals surface area (Å²) in [5, 5.41) is 21.2. The van der Waals surface area contributed by atoms with E-state index in [1.165, 1.54) is 7.11 Å². The van der Waals surface area contributed by atoms with Crippen LogP contribution in [-0.2, 0) is 11.2 Å². The largest absolute Gasteiger partial charge is 0.496 e. The minimum Gasteiger partial charge on any atom is -0.496 e. The molecule has 0 radical (unpaired) electrons. The van der Waals surface area contributed by atoms with Crippen molar-refractivity contribution in [2.45, 2.75) is 25.5 Å². The summed E-state index contributed by atoms with van der Waals surface area (Å²) in [6.07, 6.45) is -0.383. The third kappa shape index (κ3) is 5.13. The molecule has 1 aromatic rings. The fraction of sp³-hybridized carbons (Fsp3) is 0.500. The molecule has 0 bridgehead atoms. The summed E-state index contributed by atoms with van der Waals surface area (Å²) in [6.45, 7) is 0.480. The van der Waals surface area contributed by atoms with Gasteiger partial charge in [0.2, 0.25) is 0 Å². The Morgan fingerprint density at radius 2 is 2.00 bits per heavy atom. The molecule has 1 atom stereocenters. The molecule has 0 fully saturated rings. The molecule has 1 unspecified atom stereocenters. The second-order valence-electron chi connectivity index (χ2n) is 4.50. The van der Waals surface area contributed by atoms with Crippen LogP contribution in [-0.4, -0.2) is 43.2 Å². The molecule has 0 saturated carbocycles. The molecule has 5 N–H and O–H groups in total. The zero-order valence-corrected chi connectivity index (χ0v) is 12.3. The third-order valence-electron chi connectivity index (χ3n) is 2.97. The van der Waals surface area contributed by atoms with Crippen LogP contribution in [0.2, 0.25) is 0 Å². The Kier molecular flexibility index (Phi) is 6.77. The summed E-state index contributed by atoms with van der Waals surface area (Å²) in [4.78, 5) is 10.5. The molecule has 0 aliphatic heterocycles. The lowest BCUT2D eigenvalue weighted by Gasteiger charge is -2.18. The average Bonchev–Trinajstić information content (AvgIpc) is 2.46. The van der Waals surface area contributed by atoms with E-state index >= 15 is 0 Å². The molecule has 0 aliphatic carbocycles. The Labute approximate surface area is 123 Å². The highest BCUT2D eigenvalue weighted by atomic mass is 16.5. The number of methoxy groups -OCH3 is 2. The van der Waals surface area contributed by atoms with Crippen molar-refractivity contribution >= 4 is 11.7 Å². The minimum absolute atomic E-state index is 0.0886. The van der Waals surface area contributed by atoms with Crippen LogP contribution in [0.25, 0.3) is 0 Å². The smallest absolute Gasteiger partial charge is 0.303 e. The number of nitrogens with two attached hydrogens (primary N) is 1. The van der Waals surface area contributed by atoms with Gasteiger partial charge in [-0.05, 0) is 24.6 Å². The van der Waals surface area contributed by atoms with Crippen molar-refractivity contribution in [3.8, 4) is 11.5 Å². The Balaban J connectivity index is 2.92. The zero-order valence-electron chi connectivity index (χ0n) is 12.3. The zero-order chi connectivity index (χ0) is 15.8. The van der Waals surface area contributed by atoms with Gasteiger partial charge in [0.25, 0.3) is 0 Å². The highest BCUT2D eigenvalue weighted by Crippen LogP contribution is 2.33. The molecule has 0 aromatic heterocycles. The fourth-order valence-corrected chi connectivity index (χ4v) is 1.94. The summed E-state index contributed by atoms with van der Waals surface area (Å²) in [5.41, 5.74) is 6.99. The standard InChI is InChI=1S/C14H22N2O5/c1-20-11-8-10(16-13(17)3-4-14(18)19)12(21-2)7-9(11)5-6-15/h7-8,13,16-17H,3-6,15H2,1-2H3,(H,18,19). The average molecular weight is 298 g/mol. The first-order chi connectivity index (χ1) is 10.0. The first kappa shape index (κ1) is 17.1. The number of rotatable bonds is 9. The number of carbonyl (C=O) groups is 1. The van der Waals surface area contributed by atoms with Crippen LogP contribution in [0, 0.1) is 0 Å². The van der Waals surface area contributed by atoms with Crippen LogP contribution in [0.5, 0.6) is 11.5 Å². The maximum Gasteiger partial charge on any atom is 0.303 e. The first-order valence-corrected chi connectivity index (χ1v) is 6.63. The van der Waals surface area contributed by atoms with E-state index in [2.05, 4.69) is 5.32 Å². The minimum atomic E-state index is -0.986. The van der Waals surface area contributed by atoms with Crippen LogP contribution in [0.1, 0.15) is 18.4 Å². The van der Waals surface area contributed by atoms with Gasteiger partial charge in [-0.15, -0.1) is 0 Å². The number of anilines is 1. The van der Waals surface area contributed by atoms with Crippen LogP contribution in [0.4, 0.5) is 5.69 Å². The van der Waals surface area contributed by atoms with Crippen LogP contribution in [0.3, 0.4) is 0 Å². The van der Waals surface area contributed by atoms with Crippen molar-refractivity contribution in [3.05, 3.63) is 17.7 Å². The molecule has 118 valence electrons. The number of carboxylic acids is 1. The maximum atomic E-state index is 10.5. The monoisotopic (exact) mass is 298 g/mol. The van der Waals surface area contributed by atoms with E-state index in [0.717, 1.165) is 5.56 Å². The molecule has 7 nitrogen and oxygen atoms in total. The van der Waals surface area contributed by atoms with Gasteiger partial charge in [-0.25, -0.2) is 0 Å². The van der Waals surface area contributed by atoms with Gasteiger partial charge in [-0.3, -0.25) is 4.79 Å². The number of aliphatic carboxylic acids is 1. The SMILES string of the molecule is COc1cc(NC(O)CCC(=O)O)c(OC)cc1CCN. The van der Waals surface area contributed by atoms with E-state index in [9.17, 15) is 9.90 Å². The summed E-state index contributed by atoms with van der Waals surface area (Å²) < 4.78 is 10.6. The topological polar surface area (TPSA) is 114 Å². The lowest BCUT2D eigenvalue weighted by atomic mass is 10.1. The third-order valence-corrected chi connectivity index (χ3v) is 2.97. The van der Waals surface area contributed by atoms with Crippen LogP contribution >= 0.6 is 0 Å². The maximum absolute atomic E-state index is 10.5. The van der Waals surface area contributed by atoms with Crippen molar-refractivity contribution in [1.82, 2.24) is 0 Å². The van der Waals surface area contributed by atoms with E-state index in [1.807, 2.05) is 0 Å². The lowest BCUT2D eigenvalue weighted by molar-refractivity contribution is -0.137. The molecule has 0 saturated heterocycles. The second kappa shape index (κ2) is 8.33. The van der Waals surface area contributed by atoms with Gasteiger partial charge in [0.1, 0.15) is 17.7 Å². The highest BCUT2D eigenvalue weighted by molar-refractivity contribution is 5.67. The van der Waals surface area contributed by atoms with E-state index in [-0.39, 0.29) is 12.8 Å². The van der Waals surface area contributed by atoms with Gasteiger partial charge < -0.3 is 30.7 Å². The molecule has 0 spiro atoms. The van der Waals surface area contributed by atoms with Gasteiger partial charge >= 0.3 is 5.97 Å². The molecule has 1 rings (SSSR count). The number of benzene rings is 1. The Morgan fingerprint density at radius 1 is 1.33 bits per heavy atom. The lowest BCUT2D eigenvalue weighted by Crippen LogP contribution is -2.20. The summed E-state index contributed by atoms with van der Waals surface area (Å²) >= 11 is 0. The van der Waals surface area contributed by atoms with Crippen molar-refractivity contribution in [2.24, 2.45) is 5.73 Å². The Hall–Kier alpha value is -1.99. The fourth-order valence-electron chi connectivity index (χ4n) is 1.94. The van der Waals surface area contributed by atoms with Gasteiger partial charge in [0.05, 0.1) is 19.9 Å². The molecule has 0 heterocycles. The quantitative estimate of drug-likeness (QED) is 0.498.